The molecule has 0 aliphatic carbocycles. The predicted molar refractivity (Wildman–Crippen MR) is 124 cm³/mol. The summed E-state index contributed by atoms with van der Waals surface area (Å²) in [6.07, 6.45) is 1.96. The molecule has 160 valence electrons. The van der Waals surface area contributed by atoms with E-state index >= 15 is 0 Å². The summed E-state index contributed by atoms with van der Waals surface area (Å²) in [6.45, 7) is 1.82. The lowest BCUT2D eigenvalue weighted by Gasteiger charge is -2.29. The number of halogens is 2. The van der Waals surface area contributed by atoms with E-state index in [2.05, 4.69) is 17.2 Å². The minimum atomic E-state index is -0.371. The van der Waals surface area contributed by atoms with E-state index in [-0.39, 0.29) is 25.0 Å². The maximum Gasteiger partial charge on any atom is 0.265 e. The number of fused-ring (bicyclic) bond motifs is 1. The molecular weight excluding hydrogens is 457 g/mol. The molecule has 1 aliphatic heterocycles. The predicted octanol–water partition coefficient (Wildman–Crippen LogP) is 5.43. The number of carbonyl (C=O) groups is 2. The molecule has 31 heavy (non-hydrogen) atoms. The molecule has 9 heteroatoms. The van der Waals surface area contributed by atoms with E-state index in [1.54, 1.807) is 35.6 Å². The zero-order valence-electron chi connectivity index (χ0n) is 16.7. The van der Waals surface area contributed by atoms with Crippen LogP contribution in [0.4, 0.5) is 11.4 Å². The van der Waals surface area contributed by atoms with E-state index in [0.717, 1.165) is 29.1 Å². The van der Waals surface area contributed by atoms with Gasteiger partial charge in [-0.05, 0) is 49.2 Å². The summed E-state index contributed by atoms with van der Waals surface area (Å²) >= 11 is 13.6. The molecule has 0 unspecified atom stereocenters. The lowest BCUT2D eigenvalue weighted by atomic mass is 10.1. The van der Waals surface area contributed by atoms with Crippen molar-refractivity contribution in [1.29, 1.82) is 0 Å². The van der Waals surface area contributed by atoms with Crippen molar-refractivity contribution in [2.75, 3.05) is 23.4 Å². The molecule has 1 aliphatic rings. The maximum absolute atomic E-state index is 12.6. The van der Waals surface area contributed by atoms with Crippen LogP contribution in [0, 0.1) is 0 Å². The second-order valence-corrected chi connectivity index (χ2v) is 8.85. The number of anilines is 2. The Morgan fingerprint density at radius 3 is 2.74 bits per heavy atom. The van der Waals surface area contributed by atoms with Crippen molar-refractivity contribution < 1.29 is 14.3 Å². The van der Waals surface area contributed by atoms with Gasteiger partial charge in [0, 0.05) is 26.7 Å². The highest BCUT2D eigenvalue weighted by Gasteiger charge is 2.28. The molecule has 0 saturated heterocycles. The Kier molecular flexibility index (Phi) is 6.46. The molecule has 0 atom stereocenters. The summed E-state index contributed by atoms with van der Waals surface area (Å²) < 4.78 is 5.56. The van der Waals surface area contributed by atoms with Crippen LogP contribution in [-0.2, 0) is 16.0 Å². The number of nitrogens with one attached hydrogen (secondary N) is 1. The van der Waals surface area contributed by atoms with Gasteiger partial charge in [0.15, 0.2) is 6.61 Å². The summed E-state index contributed by atoms with van der Waals surface area (Å²) in [6, 6.07) is 10.3. The van der Waals surface area contributed by atoms with E-state index < -0.39 is 0 Å². The molecule has 0 spiro atoms. The van der Waals surface area contributed by atoms with Crippen LogP contribution in [0.25, 0.3) is 11.3 Å². The first-order valence-corrected chi connectivity index (χ1v) is 11.3. The van der Waals surface area contributed by atoms with E-state index in [1.165, 1.54) is 4.90 Å². The number of nitrogens with zero attached hydrogens (tertiary/aromatic N) is 2. The quantitative estimate of drug-likeness (QED) is 0.515. The average Bonchev–Trinajstić information content (AvgIpc) is 3.18. The first-order valence-electron chi connectivity index (χ1n) is 9.71. The Balaban J connectivity index is 1.57. The second-order valence-electron chi connectivity index (χ2n) is 7.03. The maximum atomic E-state index is 12.6. The summed E-state index contributed by atoms with van der Waals surface area (Å²) in [7, 11) is 0. The number of hydrogen-bond donors (Lipinski definition) is 1. The highest BCUT2D eigenvalue weighted by atomic mass is 35.5. The number of carbonyl (C=O) groups excluding carboxylic acids is 2. The molecule has 2 heterocycles. The van der Waals surface area contributed by atoms with Crippen LogP contribution in [0.2, 0.25) is 10.0 Å². The smallest absolute Gasteiger partial charge is 0.265 e. The van der Waals surface area contributed by atoms with Gasteiger partial charge in [0.1, 0.15) is 12.3 Å². The van der Waals surface area contributed by atoms with E-state index in [0.29, 0.717) is 27.2 Å². The van der Waals surface area contributed by atoms with E-state index in [9.17, 15) is 9.59 Å². The zero-order chi connectivity index (χ0) is 22.0. The number of aromatic nitrogens is 1. The molecule has 0 saturated carbocycles. The van der Waals surface area contributed by atoms with Crippen molar-refractivity contribution >= 4 is 57.7 Å². The fourth-order valence-electron chi connectivity index (χ4n) is 3.28. The van der Waals surface area contributed by atoms with Crippen molar-refractivity contribution in [3.05, 3.63) is 56.8 Å². The fourth-order valence-corrected chi connectivity index (χ4v) is 4.71. The van der Waals surface area contributed by atoms with Gasteiger partial charge in [0.05, 0.1) is 16.4 Å². The Bertz CT molecular complexity index is 1130. The van der Waals surface area contributed by atoms with Gasteiger partial charge in [-0.2, -0.15) is 0 Å². The first kappa shape index (κ1) is 21.6. The van der Waals surface area contributed by atoms with Crippen LogP contribution in [-0.4, -0.2) is 29.9 Å². The largest absolute Gasteiger partial charge is 0.482 e. The van der Waals surface area contributed by atoms with Gasteiger partial charge in [-0.1, -0.05) is 30.1 Å². The van der Waals surface area contributed by atoms with Crippen molar-refractivity contribution in [3.8, 4) is 17.0 Å². The highest BCUT2D eigenvalue weighted by molar-refractivity contribution is 7.09. The summed E-state index contributed by atoms with van der Waals surface area (Å²) in [5, 5.41) is 6.62. The first-order chi connectivity index (χ1) is 14.9. The third-order valence-electron chi connectivity index (χ3n) is 4.66. The molecule has 1 aromatic heterocycles. The summed E-state index contributed by atoms with van der Waals surface area (Å²) in [4.78, 5) is 31.3. The van der Waals surface area contributed by atoms with E-state index in [1.807, 2.05) is 17.5 Å². The molecule has 4 rings (SSSR count). The van der Waals surface area contributed by atoms with E-state index in [4.69, 9.17) is 27.9 Å². The molecule has 0 bridgehead atoms. The SMILES string of the molecule is CCCc1nc(-c2ccc3c(c2)N(CC(=O)Nc2cc(Cl)cc(Cl)c2)C(=O)CO3)cs1. The number of amides is 2. The molecule has 2 amide bonds. The van der Waals surface area contributed by atoms with Crippen LogP contribution >= 0.6 is 34.5 Å². The van der Waals surface area contributed by atoms with Crippen molar-refractivity contribution in [2.45, 2.75) is 19.8 Å². The Morgan fingerprint density at radius 1 is 1.23 bits per heavy atom. The van der Waals surface area contributed by atoms with Gasteiger partial charge in [-0.15, -0.1) is 11.3 Å². The number of ether oxygens (including phenoxy) is 1. The monoisotopic (exact) mass is 475 g/mol. The number of rotatable bonds is 6. The lowest BCUT2D eigenvalue weighted by molar-refractivity contribution is -0.123. The van der Waals surface area contributed by atoms with Gasteiger partial charge >= 0.3 is 0 Å². The molecule has 0 fully saturated rings. The molecular formula is C22H19Cl2N3O3S. The Hall–Kier alpha value is -2.61. The van der Waals surface area contributed by atoms with Crippen LogP contribution in [0.15, 0.2) is 41.8 Å². The average molecular weight is 476 g/mol. The van der Waals surface area contributed by atoms with Gasteiger partial charge in [0.25, 0.3) is 5.91 Å². The van der Waals surface area contributed by atoms with Crippen LogP contribution in [0.5, 0.6) is 5.75 Å². The minimum absolute atomic E-state index is 0.125. The molecule has 1 N–H and O–H groups in total. The van der Waals surface area contributed by atoms with Crippen LogP contribution in [0.3, 0.4) is 0 Å². The second kappa shape index (κ2) is 9.26. The third-order valence-corrected chi connectivity index (χ3v) is 6.01. The number of hydrogen-bond acceptors (Lipinski definition) is 5. The Labute approximate surface area is 193 Å². The molecule has 2 aromatic carbocycles. The van der Waals surface area contributed by atoms with Crippen molar-refractivity contribution in [1.82, 2.24) is 4.98 Å². The van der Waals surface area contributed by atoms with Gasteiger partial charge in [-0.25, -0.2) is 4.98 Å². The fraction of sp³-hybridized carbons (Fsp3) is 0.227. The van der Waals surface area contributed by atoms with Gasteiger partial charge < -0.3 is 10.1 Å². The van der Waals surface area contributed by atoms with Crippen molar-refractivity contribution in [3.63, 3.8) is 0 Å². The lowest BCUT2D eigenvalue weighted by Crippen LogP contribution is -2.43. The van der Waals surface area contributed by atoms with Gasteiger partial charge in [-0.3, -0.25) is 14.5 Å². The molecule has 6 nitrogen and oxygen atoms in total. The number of aryl methyl sites for hydroxylation is 1. The zero-order valence-corrected chi connectivity index (χ0v) is 19.0. The summed E-state index contributed by atoms with van der Waals surface area (Å²) in [5.74, 6) is -0.122. The van der Waals surface area contributed by atoms with Crippen LogP contribution < -0.4 is 15.0 Å². The summed E-state index contributed by atoms with van der Waals surface area (Å²) in [5.41, 5.74) is 2.70. The van der Waals surface area contributed by atoms with Gasteiger partial charge in [0.2, 0.25) is 5.91 Å². The highest BCUT2D eigenvalue weighted by Crippen LogP contribution is 2.36. The standard InChI is InChI=1S/C22H19Cl2N3O3S/c1-2-3-21-26-17(12-31-21)13-4-5-19-18(6-13)27(22(29)11-30-19)10-20(28)25-16-8-14(23)7-15(24)9-16/h4-9,12H,2-3,10-11H2,1H3,(H,25,28). The number of benzene rings is 2. The Morgan fingerprint density at radius 2 is 2.00 bits per heavy atom. The topological polar surface area (TPSA) is 71.5 Å². The third kappa shape index (κ3) is 5.01. The van der Waals surface area contributed by atoms with Crippen molar-refractivity contribution in [2.24, 2.45) is 0 Å². The molecule has 3 aromatic rings. The van der Waals surface area contributed by atoms with Crippen LogP contribution in [0.1, 0.15) is 18.4 Å². The number of thiazole rings is 1. The molecule has 0 radical (unpaired) electrons. The normalized spacial score (nSPS) is 13.0. The minimum Gasteiger partial charge on any atom is -0.482 e.